The highest BCUT2D eigenvalue weighted by molar-refractivity contribution is 6.18. The molecular formula is C18H21ClN2. The molecule has 2 fully saturated rings. The van der Waals surface area contributed by atoms with Crippen molar-refractivity contribution in [2.75, 3.05) is 18.0 Å². The van der Waals surface area contributed by atoms with Crippen LogP contribution >= 0.6 is 11.6 Å². The van der Waals surface area contributed by atoms with Gasteiger partial charge in [0.1, 0.15) is 5.82 Å². The molecule has 1 aromatic carbocycles. The molecule has 3 heteroatoms. The molecule has 0 saturated heterocycles. The van der Waals surface area contributed by atoms with E-state index < -0.39 is 0 Å². The van der Waals surface area contributed by atoms with Crippen molar-refractivity contribution in [1.82, 2.24) is 4.98 Å². The lowest BCUT2D eigenvalue weighted by Gasteiger charge is -2.25. The van der Waals surface area contributed by atoms with Gasteiger partial charge >= 0.3 is 0 Å². The van der Waals surface area contributed by atoms with Crippen molar-refractivity contribution in [3.63, 3.8) is 0 Å². The first-order valence-corrected chi connectivity index (χ1v) is 8.56. The summed E-state index contributed by atoms with van der Waals surface area (Å²) in [6.45, 7) is 2.35. The van der Waals surface area contributed by atoms with Crippen LogP contribution < -0.4 is 4.90 Å². The molecule has 21 heavy (non-hydrogen) atoms. The first kappa shape index (κ1) is 13.4. The zero-order valence-electron chi connectivity index (χ0n) is 12.3. The van der Waals surface area contributed by atoms with Gasteiger partial charge in [-0.15, -0.1) is 11.6 Å². The minimum Gasteiger partial charge on any atom is -0.356 e. The Morgan fingerprint density at radius 3 is 2.19 bits per heavy atom. The Hall–Kier alpha value is -1.28. The van der Waals surface area contributed by atoms with E-state index >= 15 is 0 Å². The number of hydrogen-bond donors (Lipinski definition) is 0. The summed E-state index contributed by atoms with van der Waals surface area (Å²) in [5, 5.41) is 2.52. The van der Waals surface area contributed by atoms with E-state index in [2.05, 4.69) is 29.2 Å². The van der Waals surface area contributed by atoms with Crippen LogP contribution in [0.3, 0.4) is 0 Å². The van der Waals surface area contributed by atoms with Crippen molar-refractivity contribution in [3.8, 4) is 0 Å². The molecule has 2 nitrogen and oxygen atoms in total. The van der Waals surface area contributed by atoms with Gasteiger partial charge in [0.25, 0.3) is 0 Å². The second-order valence-corrected chi connectivity index (χ2v) is 6.85. The largest absolute Gasteiger partial charge is 0.356 e. The molecule has 2 aliphatic rings. The molecule has 0 amide bonds. The van der Waals surface area contributed by atoms with Crippen LogP contribution in [0.4, 0.5) is 5.82 Å². The van der Waals surface area contributed by atoms with E-state index in [4.69, 9.17) is 16.6 Å². The molecule has 0 aliphatic heterocycles. The third kappa shape index (κ3) is 2.87. The van der Waals surface area contributed by atoms with Crippen molar-refractivity contribution < 1.29 is 0 Å². The summed E-state index contributed by atoms with van der Waals surface area (Å²) >= 11 is 6.07. The van der Waals surface area contributed by atoms with E-state index in [1.165, 1.54) is 55.4 Å². The van der Waals surface area contributed by atoms with Gasteiger partial charge in [0.15, 0.2) is 0 Å². The number of alkyl halides is 1. The smallest absolute Gasteiger partial charge is 0.136 e. The molecule has 0 N–H and O–H groups in total. The molecule has 110 valence electrons. The number of rotatable bonds is 6. The SMILES string of the molecule is ClCc1cnc(N(CC2CC2)CC2CC2)c2ccccc12. The number of halogens is 1. The summed E-state index contributed by atoms with van der Waals surface area (Å²) in [6, 6.07) is 8.57. The van der Waals surface area contributed by atoms with Crippen molar-refractivity contribution in [2.24, 2.45) is 11.8 Å². The molecule has 0 atom stereocenters. The van der Waals surface area contributed by atoms with E-state index in [-0.39, 0.29) is 0 Å². The van der Waals surface area contributed by atoms with E-state index in [9.17, 15) is 0 Å². The molecule has 1 heterocycles. The molecule has 1 aromatic heterocycles. The second-order valence-electron chi connectivity index (χ2n) is 6.58. The van der Waals surface area contributed by atoms with Crippen molar-refractivity contribution in [2.45, 2.75) is 31.6 Å². The molecule has 4 rings (SSSR count). The van der Waals surface area contributed by atoms with Gasteiger partial charge in [0, 0.05) is 30.6 Å². The van der Waals surface area contributed by atoms with Crippen molar-refractivity contribution in [1.29, 1.82) is 0 Å². The fourth-order valence-corrected chi connectivity index (χ4v) is 3.28. The Morgan fingerprint density at radius 2 is 1.62 bits per heavy atom. The van der Waals surface area contributed by atoms with E-state index in [0.29, 0.717) is 5.88 Å². The van der Waals surface area contributed by atoms with Gasteiger partial charge in [0.2, 0.25) is 0 Å². The molecule has 0 bridgehead atoms. The topological polar surface area (TPSA) is 16.1 Å². The summed E-state index contributed by atoms with van der Waals surface area (Å²) in [5.74, 6) is 3.46. The van der Waals surface area contributed by atoms with Gasteiger partial charge in [-0.25, -0.2) is 4.98 Å². The zero-order chi connectivity index (χ0) is 14.2. The fraction of sp³-hybridized carbons (Fsp3) is 0.500. The van der Waals surface area contributed by atoms with Gasteiger partial charge in [-0.2, -0.15) is 0 Å². The normalized spacial score (nSPS) is 18.1. The van der Waals surface area contributed by atoms with Gasteiger partial charge in [-0.05, 0) is 48.5 Å². The fourth-order valence-electron chi connectivity index (χ4n) is 3.07. The van der Waals surface area contributed by atoms with Crippen LogP contribution in [0.1, 0.15) is 31.2 Å². The van der Waals surface area contributed by atoms with Gasteiger partial charge < -0.3 is 4.90 Å². The lowest BCUT2D eigenvalue weighted by atomic mass is 10.1. The lowest BCUT2D eigenvalue weighted by molar-refractivity contribution is 0.674. The highest BCUT2D eigenvalue weighted by Gasteiger charge is 2.30. The number of pyridine rings is 1. The maximum atomic E-state index is 6.07. The minimum absolute atomic E-state index is 0.527. The van der Waals surface area contributed by atoms with E-state index in [1.54, 1.807) is 0 Å². The standard InChI is InChI=1S/C18H21ClN2/c19-9-15-10-20-18(17-4-2-1-3-16(15)17)21(11-13-5-6-13)12-14-7-8-14/h1-4,10,13-14H,5-9,11-12H2. The van der Waals surface area contributed by atoms with Crippen LogP contribution in [0.2, 0.25) is 0 Å². The quantitative estimate of drug-likeness (QED) is 0.725. The van der Waals surface area contributed by atoms with Crippen molar-refractivity contribution >= 4 is 28.2 Å². The molecule has 2 aromatic rings. The van der Waals surface area contributed by atoms with Crippen LogP contribution in [0.25, 0.3) is 10.8 Å². The average Bonchev–Trinajstić information content (AvgIpc) is 3.41. The van der Waals surface area contributed by atoms with Crippen LogP contribution in [-0.2, 0) is 5.88 Å². The summed E-state index contributed by atoms with van der Waals surface area (Å²) in [7, 11) is 0. The Bertz CT molecular complexity index is 633. The summed E-state index contributed by atoms with van der Waals surface area (Å²) < 4.78 is 0. The van der Waals surface area contributed by atoms with Crippen LogP contribution in [0, 0.1) is 11.8 Å². The van der Waals surface area contributed by atoms with Crippen LogP contribution in [0.5, 0.6) is 0 Å². The predicted octanol–water partition coefficient (Wildman–Crippen LogP) is 4.60. The third-order valence-electron chi connectivity index (χ3n) is 4.65. The van der Waals surface area contributed by atoms with Crippen molar-refractivity contribution in [3.05, 3.63) is 36.0 Å². The summed E-state index contributed by atoms with van der Waals surface area (Å²) in [4.78, 5) is 7.32. The lowest BCUT2D eigenvalue weighted by Crippen LogP contribution is -2.29. The first-order valence-electron chi connectivity index (χ1n) is 8.02. The molecule has 0 unspecified atom stereocenters. The average molecular weight is 301 g/mol. The Kier molecular flexibility index (Phi) is 3.50. The maximum absolute atomic E-state index is 6.07. The third-order valence-corrected chi connectivity index (χ3v) is 4.94. The van der Waals surface area contributed by atoms with E-state index in [0.717, 1.165) is 17.4 Å². The minimum atomic E-state index is 0.527. The Balaban J connectivity index is 1.75. The number of aromatic nitrogens is 1. The molecule has 2 saturated carbocycles. The van der Waals surface area contributed by atoms with Gasteiger partial charge in [0.05, 0.1) is 0 Å². The molecule has 2 aliphatic carbocycles. The van der Waals surface area contributed by atoms with Gasteiger partial charge in [-0.1, -0.05) is 24.3 Å². The van der Waals surface area contributed by atoms with Crippen LogP contribution in [-0.4, -0.2) is 18.1 Å². The zero-order valence-corrected chi connectivity index (χ0v) is 13.0. The maximum Gasteiger partial charge on any atom is 0.136 e. The number of nitrogens with zero attached hydrogens (tertiary/aromatic N) is 2. The van der Waals surface area contributed by atoms with Crippen LogP contribution in [0.15, 0.2) is 30.5 Å². The number of hydrogen-bond acceptors (Lipinski definition) is 2. The Morgan fingerprint density at radius 1 is 1.00 bits per heavy atom. The number of anilines is 1. The molecule has 0 spiro atoms. The monoisotopic (exact) mass is 300 g/mol. The second kappa shape index (κ2) is 5.49. The number of fused-ring (bicyclic) bond motifs is 1. The highest BCUT2D eigenvalue weighted by atomic mass is 35.5. The summed E-state index contributed by atoms with van der Waals surface area (Å²) in [5.41, 5.74) is 1.13. The van der Waals surface area contributed by atoms with E-state index in [1.807, 2.05) is 6.20 Å². The molecular weight excluding hydrogens is 280 g/mol. The predicted molar refractivity (Wildman–Crippen MR) is 89.0 cm³/mol. The van der Waals surface area contributed by atoms with Gasteiger partial charge in [-0.3, -0.25) is 0 Å². The molecule has 0 radical (unpaired) electrons. The highest BCUT2D eigenvalue weighted by Crippen LogP contribution is 2.37. The number of benzene rings is 1. The first-order chi connectivity index (χ1) is 10.3. The Labute approximate surface area is 131 Å². The summed E-state index contributed by atoms with van der Waals surface area (Å²) in [6.07, 6.45) is 7.52.